The van der Waals surface area contributed by atoms with Gasteiger partial charge in [0.15, 0.2) is 0 Å². The van der Waals surface area contributed by atoms with E-state index in [0.29, 0.717) is 12.3 Å². The smallest absolute Gasteiger partial charge is 0.315 e. The Balaban J connectivity index is 1.96. The largest absolute Gasteiger partial charge is 0.361 e. The van der Waals surface area contributed by atoms with E-state index >= 15 is 0 Å². The molecule has 2 N–H and O–H groups in total. The monoisotopic (exact) mass is 343 g/mol. The summed E-state index contributed by atoms with van der Waals surface area (Å²) in [6, 6.07) is 9.96. The normalized spacial score (nSPS) is 13.5. The molecule has 1 heterocycles. The van der Waals surface area contributed by atoms with E-state index in [1.165, 1.54) is 0 Å². The van der Waals surface area contributed by atoms with Crippen molar-refractivity contribution in [3.8, 4) is 0 Å². The first-order valence-electron chi connectivity index (χ1n) is 8.90. The molecule has 2 atom stereocenters. The van der Waals surface area contributed by atoms with Crippen LogP contribution in [0, 0.1) is 19.8 Å². The zero-order chi connectivity index (χ0) is 18.4. The number of amides is 2. The highest BCUT2D eigenvalue weighted by molar-refractivity contribution is 5.74. The van der Waals surface area contributed by atoms with Crippen LogP contribution >= 0.6 is 0 Å². The number of hydrogen-bond acceptors (Lipinski definition) is 3. The lowest BCUT2D eigenvalue weighted by atomic mass is 9.97. The summed E-state index contributed by atoms with van der Waals surface area (Å²) in [6.07, 6.45) is 1.60. The molecule has 0 fully saturated rings. The predicted molar refractivity (Wildman–Crippen MR) is 99.4 cm³/mol. The lowest BCUT2D eigenvalue weighted by Gasteiger charge is -2.23. The lowest BCUT2D eigenvalue weighted by molar-refractivity contribution is 0.232. The number of carbonyl (C=O) groups is 1. The van der Waals surface area contributed by atoms with Gasteiger partial charge in [-0.25, -0.2) is 4.79 Å². The van der Waals surface area contributed by atoms with Gasteiger partial charge in [0, 0.05) is 11.6 Å². The Hall–Kier alpha value is -2.30. The van der Waals surface area contributed by atoms with Gasteiger partial charge in [0.1, 0.15) is 5.76 Å². The molecule has 0 saturated carbocycles. The van der Waals surface area contributed by atoms with E-state index in [0.717, 1.165) is 29.0 Å². The van der Waals surface area contributed by atoms with Gasteiger partial charge < -0.3 is 15.2 Å². The van der Waals surface area contributed by atoms with Crippen molar-refractivity contribution >= 4 is 6.03 Å². The average Bonchev–Trinajstić information content (AvgIpc) is 2.86. The molecule has 2 unspecified atom stereocenters. The van der Waals surface area contributed by atoms with Gasteiger partial charge in [0.05, 0.1) is 11.7 Å². The SMILES string of the molecule is Cc1noc(C)c1CC(C)NC(=O)NC(CC(C)C)c1ccccc1. The molecule has 0 aliphatic carbocycles. The quantitative estimate of drug-likeness (QED) is 0.787. The Kier molecular flexibility index (Phi) is 6.62. The van der Waals surface area contributed by atoms with Crippen LogP contribution < -0.4 is 10.6 Å². The van der Waals surface area contributed by atoms with Crippen molar-refractivity contribution in [2.24, 2.45) is 5.92 Å². The van der Waals surface area contributed by atoms with Crippen LogP contribution in [0.1, 0.15) is 55.8 Å². The van der Waals surface area contributed by atoms with Gasteiger partial charge in [0.25, 0.3) is 0 Å². The highest BCUT2D eigenvalue weighted by Crippen LogP contribution is 2.21. The number of rotatable bonds is 7. The van der Waals surface area contributed by atoms with E-state index in [1.807, 2.05) is 39.0 Å². The minimum absolute atomic E-state index is 0.00691. The van der Waals surface area contributed by atoms with Crippen molar-refractivity contribution in [1.29, 1.82) is 0 Å². The molecule has 1 aromatic carbocycles. The summed E-state index contributed by atoms with van der Waals surface area (Å²) in [5, 5.41) is 10.1. The Bertz CT molecular complexity index is 660. The second-order valence-corrected chi connectivity index (χ2v) is 7.12. The molecule has 136 valence electrons. The van der Waals surface area contributed by atoms with Crippen LogP contribution in [0.3, 0.4) is 0 Å². The molecule has 0 radical (unpaired) electrons. The molecule has 0 aliphatic rings. The molecule has 2 rings (SSSR count). The molecule has 0 aliphatic heterocycles. The molecule has 25 heavy (non-hydrogen) atoms. The third kappa shape index (κ3) is 5.62. The summed E-state index contributed by atoms with van der Waals surface area (Å²) in [6.45, 7) is 10.1. The number of carbonyl (C=O) groups excluding carboxylic acids is 1. The van der Waals surface area contributed by atoms with E-state index in [1.54, 1.807) is 0 Å². The van der Waals surface area contributed by atoms with Crippen LogP contribution in [0.15, 0.2) is 34.9 Å². The average molecular weight is 343 g/mol. The first-order valence-corrected chi connectivity index (χ1v) is 8.90. The van der Waals surface area contributed by atoms with E-state index in [-0.39, 0.29) is 18.1 Å². The molecular formula is C20H29N3O2. The van der Waals surface area contributed by atoms with Crippen molar-refractivity contribution in [2.75, 3.05) is 0 Å². The summed E-state index contributed by atoms with van der Waals surface area (Å²) in [5.41, 5.74) is 3.08. The Labute approximate surface area is 150 Å². The fourth-order valence-electron chi connectivity index (χ4n) is 3.01. The second-order valence-electron chi connectivity index (χ2n) is 7.12. The molecule has 0 spiro atoms. The van der Waals surface area contributed by atoms with Crippen LogP contribution in [0.5, 0.6) is 0 Å². The van der Waals surface area contributed by atoms with Gasteiger partial charge in [-0.15, -0.1) is 0 Å². The number of nitrogens with zero attached hydrogens (tertiary/aromatic N) is 1. The topological polar surface area (TPSA) is 67.2 Å². The Morgan fingerprint density at radius 1 is 1.12 bits per heavy atom. The molecule has 2 amide bonds. The third-order valence-electron chi connectivity index (χ3n) is 4.28. The van der Waals surface area contributed by atoms with Crippen molar-refractivity contribution in [1.82, 2.24) is 15.8 Å². The third-order valence-corrected chi connectivity index (χ3v) is 4.28. The fraction of sp³-hybridized carbons (Fsp3) is 0.500. The van der Waals surface area contributed by atoms with Gasteiger partial charge in [-0.2, -0.15) is 0 Å². The highest BCUT2D eigenvalue weighted by atomic mass is 16.5. The molecule has 0 bridgehead atoms. The Morgan fingerprint density at radius 3 is 2.36 bits per heavy atom. The minimum atomic E-state index is -0.145. The predicted octanol–water partition coefficient (Wildman–Crippen LogP) is 4.31. The van der Waals surface area contributed by atoms with Gasteiger partial charge in [0.2, 0.25) is 0 Å². The number of aromatic nitrogens is 1. The van der Waals surface area contributed by atoms with Crippen molar-refractivity contribution < 1.29 is 9.32 Å². The van der Waals surface area contributed by atoms with Crippen LogP contribution in [0.25, 0.3) is 0 Å². The maximum atomic E-state index is 12.5. The molecule has 0 saturated heterocycles. The number of benzene rings is 1. The van der Waals surface area contributed by atoms with Crippen molar-refractivity contribution in [3.05, 3.63) is 52.9 Å². The zero-order valence-corrected chi connectivity index (χ0v) is 15.8. The summed E-state index contributed by atoms with van der Waals surface area (Å²) in [5.74, 6) is 1.30. The molecular weight excluding hydrogens is 314 g/mol. The van der Waals surface area contributed by atoms with E-state index in [9.17, 15) is 4.79 Å². The van der Waals surface area contributed by atoms with Gasteiger partial charge in [-0.3, -0.25) is 0 Å². The lowest BCUT2D eigenvalue weighted by Crippen LogP contribution is -2.43. The van der Waals surface area contributed by atoms with Crippen molar-refractivity contribution in [2.45, 2.75) is 59.5 Å². The maximum Gasteiger partial charge on any atom is 0.315 e. The minimum Gasteiger partial charge on any atom is -0.361 e. The van der Waals surface area contributed by atoms with Gasteiger partial charge in [-0.1, -0.05) is 49.3 Å². The number of urea groups is 1. The van der Waals surface area contributed by atoms with Crippen molar-refractivity contribution in [3.63, 3.8) is 0 Å². The summed E-state index contributed by atoms with van der Waals surface area (Å²) in [4.78, 5) is 12.5. The maximum absolute atomic E-state index is 12.5. The summed E-state index contributed by atoms with van der Waals surface area (Å²) >= 11 is 0. The van der Waals surface area contributed by atoms with E-state index < -0.39 is 0 Å². The summed E-state index contributed by atoms with van der Waals surface area (Å²) < 4.78 is 5.19. The van der Waals surface area contributed by atoms with Crippen LogP contribution in [-0.4, -0.2) is 17.2 Å². The molecule has 5 heteroatoms. The van der Waals surface area contributed by atoms with Gasteiger partial charge in [-0.05, 0) is 45.1 Å². The number of aryl methyl sites for hydroxylation is 2. The van der Waals surface area contributed by atoms with Crippen LogP contribution in [0.2, 0.25) is 0 Å². The Morgan fingerprint density at radius 2 is 1.80 bits per heavy atom. The second kappa shape index (κ2) is 8.70. The van der Waals surface area contributed by atoms with E-state index in [2.05, 4.69) is 41.8 Å². The first-order chi connectivity index (χ1) is 11.9. The standard InChI is InChI=1S/C20H29N3O2/c1-13(2)11-19(17-9-7-6-8-10-17)22-20(24)21-14(3)12-18-15(4)23-25-16(18)5/h6-10,13-14,19H,11-12H2,1-5H3,(H2,21,22,24). The van der Waals surface area contributed by atoms with Crippen LogP contribution in [0.4, 0.5) is 4.79 Å². The molecule has 1 aromatic heterocycles. The van der Waals surface area contributed by atoms with E-state index in [4.69, 9.17) is 4.52 Å². The number of nitrogens with one attached hydrogen (secondary N) is 2. The summed E-state index contributed by atoms with van der Waals surface area (Å²) in [7, 11) is 0. The van der Waals surface area contributed by atoms with Gasteiger partial charge >= 0.3 is 6.03 Å². The number of hydrogen-bond donors (Lipinski definition) is 2. The molecule has 5 nitrogen and oxygen atoms in total. The molecule has 2 aromatic rings. The van der Waals surface area contributed by atoms with Crippen LogP contribution in [-0.2, 0) is 6.42 Å². The highest BCUT2D eigenvalue weighted by Gasteiger charge is 2.18. The zero-order valence-electron chi connectivity index (χ0n) is 15.8. The fourth-order valence-corrected chi connectivity index (χ4v) is 3.01. The first kappa shape index (κ1) is 19.0.